The summed E-state index contributed by atoms with van der Waals surface area (Å²) in [6, 6.07) is 0. The number of rotatable bonds is 7. The van der Waals surface area contributed by atoms with Gasteiger partial charge in [0.2, 0.25) is 6.29 Å². The van der Waals surface area contributed by atoms with Gasteiger partial charge in [0.25, 0.3) is 0 Å². The van der Waals surface area contributed by atoms with Crippen molar-refractivity contribution in [1.82, 2.24) is 0 Å². The summed E-state index contributed by atoms with van der Waals surface area (Å²) in [7, 11) is 0. The van der Waals surface area contributed by atoms with E-state index in [2.05, 4.69) is 13.5 Å². The number of hydrogen-bond acceptors (Lipinski definition) is 16. The van der Waals surface area contributed by atoms with E-state index in [4.69, 9.17) is 23.7 Å². The molecular weight excluding hydrogens is 676 g/mol. The first kappa shape index (κ1) is 39.3. The average Bonchev–Trinajstić information content (AvgIpc) is 3.45. The Balaban J connectivity index is 1.30. The van der Waals surface area contributed by atoms with Crippen molar-refractivity contribution in [3.63, 3.8) is 0 Å². The molecule has 0 amide bonds. The fourth-order valence-corrected chi connectivity index (χ4v) is 10.7. The first-order chi connectivity index (χ1) is 24.0. The van der Waals surface area contributed by atoms with Gasteiger partial charge in [-0.1, -0.05) is 25.5 Å². The van der Waals surface area contributed by atoms with E-state index in [0.29, 0.717) is 38.5 Å². The molecule has 6 fully saturated rings. The highest BCUT2D eigenvalue weighted by Crippen LogP contribution is 2.68. The van der Waals surface area contributed by atoms with Crippen molar-refractivity contribution in [3.05, 3.63) is 12.2 Å². The zero-order valence-corrected chi connectivity index (χ0v) is 29.3. The lowest BCUT2D eigenvalue weighted by molar-refractivity contribution is -0.341. The molecule has 0 spiro atoms. The number of carbonyl (C=O) groups is 1. The van der Waals surface area contributed by atoms with E-state index in [1.807, 2.05) is 6.92 Å². The molecule has 16 nitrogen and oxygen atoms in total. The smallest absolute Gasteiger partial charge is 0.314 e. The molecule has 0 aromatic carbocycles. The number of carbonyl (C=O) groups excluding carboxylic acids is 1. The average molecular weight is 733 g/mol. The highest BCUT2D eigenvalue weighted by molar-refractivity contribution is 5.77. The van der Waals surface area contributed by atoms with Gasteiger partial charge in [-0.05, 0) is 69.1 Å². The lowest BCUT2D eigenvalue weighted by atomic mass is 9.45. The fraction of sp³-hybridized carbons (Fsp3) is 0.914. The van der Waals surface area contributed by atoms with Gasteiger partial charge in [-0.15, -0.1) is 0 Å². The molecule has 21 atom stereocenters. The predicted octanol–water partition coefficient (Wildman–Crippen LogP) is -2.56. The van der Waals surface area contributed by atoms with E-state index in [0.717, 1.165) is 5.57 Å². The van der Waals surface area contributed by atoms with Gasteiger partial charge < -0.3 is 74.7 Å². The molecule has 0 bridgehead atoms. The van der Waals surface area contributed by atoms with Crippen LogP contribution in [-0.4, -0.2) is 162 Å². The van der Waals surface area contributed by atoms with E-state index >= 15 is 0 Å². The van der Waals surface area contributed by atoms with Crippen molar-refractivity contribution in [3.8, 4) is 0 Å². The van der Waals surface area contributed by atoms with Gasteiger partial charge in [-0.3, -0.25) is 4.79 Å². The molecule has 0 aromatic rings. The zero-order valence-electron chi connectivity index (χ0n) is 29.3. The van der Waals surface area contributed by atoms with E-state index in [-0.39, 0.29) is 17.8 Å². The number of hydrogen-bond donors (Lipinski definition) is 10. The highest BCUT2D eigenvalue weighted by Gasteiger charge is 2.65. The Labute approximate surface area is 296 Å². The molecule has 3 saturated heterocycles. The largest absolute Gasteiger partial charge is 0.432 e. The van der Waals surface area contributed by atoms with E-state index in [1.54, 1.807) is 0 Å². The van der Waals surface area contributed by atoms with Gasteiger partial charge in [0.1, 0.15) is 67.1 Å². The van der Waals surface area contributed by atoms with Crippen LogP contribution < -0.4 is 0 Å². The lowest BCUT2D eigenvalue weighted by Gasteiger charge is -2.60. The first-order valence-electron chi connectivity index (χ1n) is 18.2. The summed E-state index contributed by atoms with van der Waals surface area (Å²) in [6.07, 6.45) is -18.0. The fourth-order valence-electron chi connectivity index (χ4n) is 10.7. The maximum Gasteiger partial charge on any atom is 0.314 e. The van der Waals surface area contributed by atoms with Crippen molar-refractivity contribution in [1.29, 1.82) is 0 Å². The van der Waals surface area contributed by atoms with Gasteiger partial charge in [0.05, 0.1) is 30.8 Å². The van der Waals surface area contributed by atoms with Gasteiger partial charge in [0, 0.05) is 5.92 Å². The summed E-state index contributed by atoms with van der Waals surface area (Å²) in [4.78, 5) is 14.1. The molecule has 3 aliphatic carbocycles. The second-order valence-electron chi connectivity index (χ2n) is 16.3. The molecule has 18 unspecified atom stereocenters. The monoisotopic (exact) mass is 732 g/mol. The summed E-state index contributed by atoms with van der Waals surface area (Å²) < 4.78 is 29.5. The second-order valence-corrected chi connectivity index (χ2v) is 16.3. The van der Waals surface area contributed by atoms with Crippen molar-refractivity contribution in [2.75, 3.05) is 13.2 Å². The Morgan fingerprint density at radius 1 is 0.784 bits per heavy atom. The Kier molecular flexibility index (Phi) is 11.4. The van der Waals surface area contributed by atoms with E-state index < -0.39 is 128 Å². The van der Waals surface area contributed by atoms with Gasteiger partial charge in [-0.2, -0.15) is 0 Å². The topological polar surface area (TPSA) is 266 Å². The van der Waals surface area contributed by atoms with Crippen LogP contribution in [0.25, 0.3) is 0 Å². The minimum atomic E-state index is -1.75. The Bertz CT molecular complexity index is 1270. The zero-order chi connectivity index (χ0) is 37.3. The van der Waals surface area contributed by atoms with Crippen LogP contribution in [0.5, 0.6) is 0 Å². The van der Waals surface area contributed by atoms with E-state index in [9.17, 15) is 55.9 Å². The third-order valence-electron chi connectivity index (χ3n) is 13.3. The molecule has 51 heavy (non-hydrogen) atoms. The van der Waals surface area contributed by atoms with Crippen LogP contribution in [0.1, 0.15) is 59.3 Å². The standard InChI is InChI=1S/C35H56O16/c1-13-10-15-6-7-18-34(3,8-5-9-35(18,4)33(46)51-32-28(45)25(42)22(39)17(12-37)49-32)20(15)19(13)29-30(26(43)23(40)16(11-36)48-29)50-31-27(44)24(41)21(38)14(2)47-31/h14-32,36-45H,1,5-12H2,2-4H3/t14?,15?,16?,17?,18?,19?,20-,21?,22?,23?,24?,25?,26?,27?,28?,29?,30?,31?,32?,34+,35+/m0/s1. The number of aliphatic hydroxyl groups is 10. The quantitative estimate of drug-likeness (QED) is 0.0953. The molecule has 16 heteroatoms. The summed E-state index contributed by atoms with van der Waals surface area (Å²) in [5, 5.41) is 105. The molecule has 0 radical (unpaired) electrons. The van der Waals surface area contributed by atoms with Gasteiger partial charge >= 0.3 is 5.97 Å². The van der Waals surface area contributed by atoms with Crippen LogP contribution in [0.15, 0.2) is 12.2 Å². The number of fused-ring (bicyclic) bond motifs is 3. The summed E-state index contributed by atoms with van der Waals surface area (Å²) in [6.45, 7) is 8.55. The number of aliphatic hydroxyl groups excluding tert-OH is 10. The highest BCUT2D eigenvalue weighted by atomic mass is 16.7. The maximum absolute atomic E-state index is 14.1. The number of esters is 1. The maximum atomic E-state index is 14.1. The third-order valence-corrected chi connectivity index (χ3v) is 13.3. The molecule has 292 valence electrons. The van der Waals surface area contributed by atoms with Crippen molar-refractivity contribution in [2.45, 2.75) is 151 Å². The van der Waals surface area contributed by atoms with Crippen LogP contribution in [0.3, 0.4) is 0 Å². The minimum absolute atomic E-state index is 0.0990. The van der Waals surface area contributed by atoms with Crippen LogP contribution in [0.2, 0.25) is 0 Å². The first-order valence-corrected chi connectivity index (χ1v) is 18.2. The molecule has 10 N–H and O–H groups in total. The molecule has 0 aromatic heterocycles. The molecular formula is C35H56O16. The molecule has 3 saturated carbocycles. The molecule has 6 rings (SSSR count). The van der Waals surface area contributed by atoms with Crippen LogP contribution >= 0.6 is 0 Å². The lowest BCUT2D eigenvalue weighted by Crippen LogP contribution is -2.66. The Hall–Kier alpha value is -1.35. The second kappa shape index (κ2) is 14.7. The van der Waals surface area contributed by atoms with E-state index in [1.165, 1.54) is 6.92 Å². The summed E-state index contributed by atoms with van der Waals surface area (Å²) in [5.74, 6) is -1.52. The Morgan fingerprint density at radius 2 is 1.39 bits per heavy atom. The van der Waals surface area contributed by atoms with Crippen molar-refractivity contribution >= 4 is 5.97 Å². The Morgan fingerprint density at radius 3 is 2.06 bits per heavy atom. The molecule has 6 aliphatic rings. The van der Waals surface area contributed by atoms with Crippen LogP contribution in [0.4, 0.5) is 0 Å². The van der Waals surface area contributed by atoms with Crippen molar-refractivity contribution < 1.29 is 79.5 Å². The van der Waals surface area contributed by atoms with Crippen LogP contribution in [-0.2, 0) is 28.5 Å². The minimum Gasteiger partial charge on any atom is -0.432 e. The molecule has 3 heterocycles. The van der Waals surface area contributed by atoms with Crippen LogP contribution in [0, 0.1) is 34.5 Å². The molecule has 3 aliphatic heterocycles. The summed E-state index contributed by atoms with van der Waals surface area (Å²) >= 11 is 0. The predicted molar refractivity (Wildman–Crippen MR) is 172 cm³/mol. The number of ether oxygens (including phenoxy) is 5. The van der Waals surface area contributed by atoms with Gasteiger partial charge in [0.15, 0.2) is 6.29 Å². The van der Waals surface area contributed by atoms with Gasteiger partial charge in [-0.25, -0.2) is 0 Å². The SMILES string of the molecule is C=C1CC2CCC3[C@](C)(C(=O)OC4OC(CO)C(O)C(O)C4O)CCC[C@@]3(C)[C@@H]2C1C1OC(CO)C(O)C(O)C1OC1OC(C)C(O)C(O)C1O. The normalized spacial score (nSPS) is 54.8. The van der Waals surface area contributed by atoms with Crippen molar-refractivity contribution in [2.24, 2.45) is 34.5 Å². The third kappa shape index (κ3) is 6.50. The summed E-state index contributed by atoms with van der Waals surface area (Å²) in [5.41, 5.74) is -0.824.